The lowest BCUT2D eigenvalue weighted by Gasteiger charge is -2.23. The van der Waals surface area contributed by atoms with Crippen molar-refractivity contribution >= 4 is 12.1 Å². The topological polar surface area (TPSA) is 75.6 Å². The van der Waals surface area contributed by atoms with E-state index in [0.29, 0.717) is 0 Å². The van der Waals surface area contributed by atoms with E-state index in [9.17, 15) is 9.59 Å². The zero-order valence-corrected chi connectivity index (χ0v) is 11.3. The summed E-state index contributed by atoms with van der Waals surface area (Å²) in [6.07, 6.45) is -0.814. The lowest BCUT2D eigenvalue weighted by atomic mass is 10.0. The first kappa shape index (κ1) is 15.0. The number of carboxylic acid groups (broad SMARTS) is 1. The number of ether oxygens (including phenoxy) is 1. The summed E-state index contributed by atoms with van der Waals surface area (Å²) in [4.78, 5) is 22.6. The van der Waals surface area contributed by atoms with Crippen LogP contribution in [0.1, 0.15) is 38.8 Å². The third-order valence-electron chi connectivity index (χ3n) is 2.27. The molecule has 104 valence electrons. The molecule has 5 nitrogen and oxygen atoms in total. The highest BCUT2D eigenvalue weighted by atomic mass is 16.6. The van der Waals surface area contributed by atoms with Crippen LogP contribution < -0.4 is 5.32 Å². The smallest absolute Gasteiger partial charge is 0.408 e. The molecule has 1 amide bonds. The fourth-order valence-corrected chi connectivity index (χ4v) is 1.56. The molecule has 19 heavy (non-hydrogen) atoms. The van der Waals surface area contributed by atoms with Gasteiger partial charge < -0.3 is 15.2 Å². The predicted molar refractivity (Wildman–Crippen MR) is 70.8 cm³/mol. The Hall–Kier alpha value is -2.04. The molecule has 1 rings (SSSR count). The van der Waals surface area contributed by atoms with E-state index in [-0.39, 0.29) is 6.42 Å². The van der Waals surface area contributed by atoms with Crippen LogP contribution in [-0.4, -0.2) is 22.8 Å². The third kappa shape index (κ3) is 5.90. The number of amides is 1. The van der Waals surface area contributed by atoms with Gasteiger partial charge in [-0.25, -0.2) is 4.79 Å². The molecule has 0 aromatic heterocycles. The molecule has 1 unspecified atom stereocenters. The fourth-order valence-electron chi connectivity index (χ4n) is 1.56. The predicted octanol–water partition coefficient (Wildman–Crippen LogP) is 2.73. The van der Waals surface area contributed by atoms with Gasteiger partial charge in [-0.1, -0.05) is 30.3 Å². The normalized spacial score (nSPS) is 12.6. The van der Waals surface area contributed by atoms with Crippen LogP contribution in [0.25, 0.3) is 0 Å². The summed E-state index contributed by atoms with van der Waals surface area (Å²) in [6, 6.07) is 8.35. The Morgan fingerprint density at radius 3 is 2.32 bits per heavy atom. The summed E-state index contributed by atoms with van der Waals surface area (Å²) >= 11 is 0. The van der Waals surface area contributed by atoms with Gasteiger partial charge in [0.2, 0.25) is 0 Å². The Morgan fingerprint density at radius 2 is 1.84 bits per heavy atom. The van der Waals surface area contributed by atoms with Crippen molar-refractivity contribution in [3.63, 3.8) is 0 Å². The monoisotopic (exact) mass is 265 g/mol. The third-order valence-corrected chi connectivity index (χ3v) is 2.27. The lowest BCUT2D eigenvalue weighted by Crippen LogP contribution is -2.35. The second kappa shape index (κ2) is 6.22. The van der Waals surface area contributed by atoms with E-state index in [1.165, 1.54) is 0 Å². The zero-order valence-electron chi connectivity index (χ0n) is 11.3. The van der Waals surface area contributed by atoms with Gasteiger partial charge in [-0.15, -0.1) is 0 Å². The van der Waals surface area contributed by atoms with Crippen molar-refractivity contribution in [3.8, 4) is 0 Å². The van der Waals surface area contributed by atoms with Crippen molar-refractivity contribution in [2.24, 2.45) is 0 Å². The number of carbonyl (C=O) groups is 2. The van der Waals surface area contributed by atoms with Crippen molar-refractivity contribution in [1.29, 1.82) is 0 Å². The SMILES string of the molecule is CC(C)(C)OC(=O)NC(CC(=O)O)c1ccccc1. The Morgan fingerprint density at radius 1 is 1.26 bits per heavy atom. The van der Waals surface area contributed by atoms with Crippen molar-refractivity contribution in [2.45, 2.75) is 38.8 Å². The molecular formula is C14H19NO4. The number of rotatable bonds is 4. The molecule has 5 heteroatoms. The van der Waals surface area contributed by atoms with Gasteiger partial charge in [0.05, 0.1) is 12.5 Å². The maximum Gasteiger partial charge on any atom is 0.408 e. The molecule has 0 aliphatic rings. The molecule has 1 aromatic rings. The van der Waals surface area contributed by atoms with Crippen LogP contribution in [0.5, 0.6) is 0 Å². The highest BCUT2D eigenvalue weighted by Gasteiger charge is 2.22. The number of nitrogens with one attached hydrogen (secondary N) is 1. The Labute approximate surface area is 112 Å². The van der Waals surface area contributed by atoms with Crippen LogP contribution in [0.2, 0.25) is 0 Å². The molecule has 2 N–H and O–H groups in total. The highest BCUT2D eigenvalue weighted by Crippen LogP contribution is 2.17. The minimum absolute atomic E-state index is 0.191. The number of aliphatic carboxylic acids is 1. The second-order valence-electron chi connectivity index (χ2n) is 5.21. The standard InChI is InChI=1S/C14H19NO4/c1-14(2,3)19-13(18)15-11(9-12(16)17)10-7-5-4-6-8-10/h4-8,11H,9H2,1-3H3,(H,15,18)(H,16,17). The second-order valence-corrected chi connectivity index (χ2v) is 5.21. The van der Waals surface area contributed by atoms with Crippen molar-refractivity contribution < 1.29 is 19.4 Å². The molecule has 0 aliphatic carbocycles. The van der Waals surface area contributed by atoms with Gasteiger partial charge in [-0.05, 0) is 26.3 Å². The quantitative estimate of drug-likeness (QED) is 0.877. The van der Waals surface area contributed by atoms with E-state index in [4.69, 9.17) is 9.84 Å². The van der Waals surface area contributed by atoms with E-state index in [1.54, 1.807) is 45.0 Å². The van der Waals surface area contributed by atoms with Gasteiger partial charge in [0.25, 0.3) is 0 Å². The Kier molecular flexibility index (Phi) is 4.92. The van der Waals surface area contributed by atoms with Crippen LogP contribution in [0.15, 0.2) is 30.3 Å². The maximum absolute atomic E-state index is 11.7. The molecule has 0 fully saturated rings. The molecule has 0 bridgehead atoms. The summed E-state index contributed by atoms with van der Waals surface area (Å²) in [6.45, 7) is 5.25. The summed E-state index contributed by atoms with van der Waals surface area (Å²) in [5.74, 6) is -0.982. The van der Waals surface area contributed by atoms with Crippen LogP contribution in [0.4, 0.5) is 4.79 Å². The Bertz CT molecular complexity index is 437. The van der Waals surface area contributed by atoms with Crippen molar-refractivity contribution in [3.05, 3.63) is 35.9 Å². The maximum atomic E-state index is 11.7. The average molecular weight is 265 g/mol. The van der Waals surface area contributed by atoms with E-state index < -0.39 is 23.7 Å². The van der Waals surface area contributed by atoms with E-state index >= 15 is 0 Å². The van der Waals surface area contributed by atoms with E-state index in [1.807, 2.05) is 6.07 Å². The molecule has 0 saturated heterocycles. The minimum Gasteiger partial charge on any atom is -0.481 e. The van der Waals surface area contributed by atoms with Crippen LogP contribution >= 0.6 is 0 Å². The molecule has 0 heterocycles. The van der Waals surface area contributed by atoms with E-state index in [0.717, 1.165) is 5.56 Å². The number of carboxylic acids is 1. The average Bonchev–Trinajstić information content (AvgIpc) is 2.26. The number of carbonyl (C=O) groups excluding carboxylic acids is 1. The van der Waals surface area contributed by atoms with Gasteiger partial charge in [-0.3, -0.25) is 4.79 Å². The van der Waals surface area contributed by atoms with E-state index in [2.05, 4.69) is 5.32 Å². The van der Waals surface area contributed by atoms with Crippen LogP contribution in [0.3, 0.4) is 0 Å². The van der Waals surface area contributed by atoms with Crippen LogP contribution in [-0.2, 0) is 9.53 Å². The Balaban J connectivity index is 2.76. The molecule has 0 spiro atoms. The number of hydrogen-bond donors (Lipinski definition) is 2. The molecule has 0 saturated carbocycles. The van der Waals surface area contributed by atoms with Gasteiger partial charge in [0.15, 0.2) is 0 Å². The highest BCUT2D eigenvalue weighted by molar-refractivity contribution is 5.72. The number of alkyl carbamates (subject to hydrolysis) is 1. The first-order valence-corrected chi connectivity index (χ1v) is 6.04. The minimum atomic E-state index is -0.982. The first-order valence-electron chi connectivity index (χ1n) is 6.04. The molecule has 0 radical (unpaired) electrons. The van der Waals surface area contributed by atoms with Gasteiger partial charge in [0, 0.05) is 0 Å². The van der Waals surface area contributed by atoms with Crippen LogP contribution in [0, 0.1) is 0 Å². The number of benzene rings is 1. The summed E-state index contributed by atoms with van der Waals surface area (Å²) < 4.78 is 5.13. The summed E-state index contributed by atoms with van der Waals surface area (Å²) in [7, 11) is 0. The lowest BCUT2D eigenvalue weighted by molar-refractivity contribution is -0.137. The number of hydrogen-bond acceptors (Lipinski definition) is 3. The summed E-state index contributed by atoms with van der Waals surface area (Å²) in [5, 5.41) is 11.5. The molecule has 0 aliphatic heterocycles. The van der Waals surface area contributed by atoms with Gasteiger partial charge >= 0.3 is 12.1 Å². The van der Waals surface area contributed by atoms with Crippen molar-refractivity contribution in [1.82, 2.24) is 5.32 Å². The van der Waals surface area contributed by atoms with Gasteiger partial charge in [-0.2, -0.15) is 0 Å². The van der Waals surface area contributed by atoms with Gasteiger partial charge in [0.1, 0.15) is 5.60 Å². The van der Waals surface area contributed by atoms with Crippen molar-refractivity contribution in [2.75, 3.05) is 0 Å². The largest absolute Gasteiger partial charge is 0.481 e. The molecular weight excluding hydrogens is 246 g/mol. The molecule has 1 atom stereocenters. The zero-order chi connectivity index (χ0) is 14.5. The molecule has 1 aromatic carbocycles. The fraction of sp³-hybridized carbons (Fsp3) is 0.429. The first-order chi connectivity index (χ1) is 8.78. The summed E-state index contributed by atoms with van der Waals surface area (Å²) in [5.41, 5.74) is 0.116.